The maximum atomic E-state index is 11.6. The van der Waals surface area contributed by atoms with Crippen molar-refractivity contribution in [3.05, 3.63) is 0 Å². The van der Waals surface area contributed by atoms with Crippen LogP contribution >= 0.6 is 0 Å². The van der Waals surface area contributed by atoms with E-state index in [9.17, 15) is 4.79 Å². The van der Waals surface area contributed by atoms with Crippen LogP contribution in [0.1, 0.15) is 44.9 Å². The van der Waals surface area contributed by atoms with Gasteiger partial charge in [0, 0.05) is 38.1 Å². The molecule has 90 valence electrons. The van der Waals surface area contributed by atoms with Crippen LogP contribution in [0.25, 0.3) is 0 Å². The van der Waals surface area contributed by atoms with Crippen LogP contribution in [0.4, 0.5) is 0 Å². The van der Waals surface area contributed by atoms with Gasteiger partial charge in [0.25, 0.3) is 0 Å². The van der Waals surface area contributed by atoms with Crippen LogP contribution in [0.15, 0.2) is 0 Å². The molecule has 2 aliphatic heterocycles. The van der Waals surface area contributed by atoms with E-state index in [-0.39, 0.29) is 0 Å². The molecule has 0 spiro atoms. The summed E-state index contributed by atoms with van der Waals surface area (Å²) in [7, 11) is 1.82. The quantitative estimate of drug-likeness (QED) is 0.714. The van der Waals surface area contributed by atoms with Gasteiger partial charge in [0.05, 0.1) is 6.10 Å². The molecule has 3 aliphatic rings. The van der Waals surface area contributed by atoms with Crippen molar-refractivity contribution in [2.45, 2.75) is 69.2 Å². The second-order valence-corrected chi connectivity index (χ2v) is 5.60. The number of methoxy groups -OCH3 is 1. The van der Waals surface area contributed by atoms with Crippen LogP contribution in [-0.4, -0.2) is 42.0 Å². The predicted octanol–water partition coefficient (Wildman–Crippen LogP) is 1.75. The number of carbonyl (C=O) groups excluding carboxylic acids is 1. The number of Topliss-reactive ketones (excluding diaryl/α,β-unsaturated/α-hetero) is 1. The van der Waals surface area contributed by atoms with E-state index < -0.39 is 0 Å². The van der Waals surface area contributed by atoms with Crippen molar-refractivity contribution in [2.75, 3.05) is 7.11 Å². The Kier molecular flexibility index (Phi) is 2.76. The first kappa shape index (κ1) is 10.7. The Labute approximate surface area is 97.1 Å². The van der Waals surface area contributed by atoms with E-state index in [2.05, 4.69) is 4.90 Å². The van der Waals surface area contributed by atoms with E-state index in [4.69, 9.17) is 4.74 Å². The molecule has 16 heavy (non-hydrogen) atoms. The molecule has 0 N–H and O–H groups in total. The van der Waals surface area contributed by atoms with Gasteiger partial charge in [-0.2, -0.15) is 0 Å². The minimum absolute atomic E-state index is 0.460. The Morgan fingerprint density at radius 2 is 1.69 bits per heavy atom. The lowest BCUT2D eigenvalue weighted by molar-refractivity contribution is -0.124. The van der Waals surface area contributed by atoms with Crippen molar-refractivity contribution in [1.82, 2.24) is 4.90 Å². The van der Waals surface area contributed by atoms with Gasteiger partial charge in [-0.1, -0.05) is 0 Å². The molecule has 3 rings (SSSR count). The fourth-order valence-corrected chi connectivity index (χ4v) is 4.00. The third kappa shape index (κ3) is 1.70. The number of hydrogen-bond donors (Lipinski definition) is 0. The van der Waals surface area contributed by atoms with Gasteiger partial charge in [-0.25, -0.2) is 0 Å². The molecule has 4 unspecified atom stereocenters. The number of fused-ring (bicyclic) bond motifs is 2. The SMILES string of the molecule is COC1CCC(N2C3CCC2CC(=O)C3)C1. The molecule has 3 heteroatoms. The summed E-state index contributed by atoms with van der Waals surface area (Å²) in [4.78, 5) is 14.2. The molecular formula is C13H21NO2. The number of piperidine rings is 1. The molecule has 3 nitrogen and oxygen atoms in total. The number of hydrogen-bond acceptors (Lipinski definition) is 3. The standard InChI is InChI=1S/C13H21NO2/c1-16-13-5-4-11(8-13)14-9-2-3-10(14)7-12(15)6-9/h9-11,13H,2-8H2,1H3. The summed E-state index contributed by atoms with van der Waals surface area (Å²) in [5.41, 5.74) is 0. The fraction of sp³-hybridized carbons (Fsp3) is 0.923. The molecule has 0 aromatic carbocycles. The van der Waals surface area contributed by atoms with Gasteiger partial charge < -0.3 is 4.74 Å². The lowest BCUT2D eigenvalue weighted by Crippen LogP contribution is -2.48. The molecule has 2 heterocycles. The summed E-state index contributed by atoms with van der Waals surface area (Å²) in [6.07, 6.45) is 8.20. The second-order valence-electron chi connectivity index (χ2n) is 5.60. The minimum Gasteiger partial charge on any atom is -0.381 e. The molecular weight excluding hydrogens is 202 g/mol. The van der Waals surface area contributed by atoms with E-state index >= 15 is 0 Å². The first-order valence-electron chi connectivity index (χ1n) is 6.60. The highest BCUT2D eigenvalue weighted by Gasteiger charge is 2.45. The number of nitrogens with zero attached hydrogens (tertiary/aromatic N) is 1. The fourth-order valence-electron chi connectivity index (χ4n) is 4.00. The molecule has 0 radical (unpaired) electrons. The zero-order chi connectivity index (χ0) is 11.1. The second kappa shape index (κ2) is 4.11. The molecule has 1 aliphatic carbocycles. The average molecular weight is 223 g/mol. The van der Waals surface area contributed by atoms with Crippen molar-refractivity contribution in [3.63, 3.8) is 0 Å². The third-order valence-corrected chi connectivity index (χ3v) is 4.71. The van der Waals surface area contributed by atoms with E-state index in [1.54, 1.807) is 0 Å². The molecule has 3 fully saturated rings. The summed E-state index contributed by atoms with van der Waals surface area (Å²) in [5.74, 6) is 0.491. The summed E-state index contributed by atoms with van der Waals surface area (Å²) >= 11 is 0. The van der Waals surface area contributed by atoms with Gasteiger partial charge in [-0.15, -0.1) is 0 Å². The Morgan fingerprint density at radius 3 is 2.25 bits per heavy atom. The maximum absolute atomic E-state index is 11.6. The Balaban J connectivity index is 1.70. The van der Waals surface area contributed by atoms with Gasteiger partial charge in [-0.3, -0.25) is 9.69 Å². The van der Waals surface area contributed by atoms with Crippen molar-refractivity contribution in [1.29, 1.82) is 0 Å². The Morgan fingerprint density at radius 1 is 1.06 bits per heavy atom. The Hall–Kier alpha value is -0.410. The number of ketones is 1. The van der Waals surface area contributed by atoms with Gasteiger partial charge >= 0.3 is 0 Å². The Bertz CT molecular complexity index is 276. The predicted molar refractivity (Wildman–Crippen MR) is 61.3 cm³/mol. The first-order valence-corrected chi connectivity index (χ1v) is 6.60. The average Bonchev–Trinajstić information content (AvgIpc) is 2.81. The normalized spacial score (nSPS) is 44.2. The first-order chi connectivity index (χ1) is 7.78. The third-order valence-electron chi connectivity index (χ3n) is 4.71. The summed E-state index contributed by atoms with van der Waals surface area (Å²) in [5, 5.41) is 0. The molecule has 0 amide bonds. The van der Waals surface area contributed by atoms with E-state index in [1.807, 2.05) is 7.11 Å². The molecule has 2 bridgehead atoms. The molecule has 4 atom stereocenters. The highest BCUT2D eigenvalue weighted by atomic mass is 16.5. The maximum Gasteiger partial charge on any atom is 0.136 e. The largest absolute Gasteiger partial charge is 0.381 e. The summed E-state index contributed by atoms with van der Waals surface area (Å²) < 4.78 is 5.45. The monoisotopic (exact) mass is 223 g/mol. The van der Waals surface area contributed by atoms with Crippen molar-refractivity contribution in [2.24, 2.45) is 0 Å². The lowest BCUT2D eigenvalue weighted by atomic mass is 9.98. The van der Waals surface area contributed by atoms with Crippen LogP contribution in [0.3, 0.4) is 0 Å². The molecule has 1 saturated carbocycles. The van der Waals surface area contributed by atoms with Gasteiger partial charge in [0.1, 0.15) is 5.78 Å². The van der Waals surface area contributed by atoms with E-state index in [0.717, 1.165) is 12.8 Å². The molecule has 2 saturated heterocycles. The number of ether oxygens (including phenoxy) is 1. The molecule has 0 aromatic heterocycles. The van der Waals surface area contributed by atoms with Gasteiger partial charge in [0.2, 0.25) is 0 Å². The lowest BCUT2D eigenvalue weighted by Gasteiger charge is -2.38. The highest BCUT2D eigenvalue weighted by molar-refractivity contribution is 5.81. The molecule has 0 aromatic rings. The zero-order valence-corrected chi connectivity index (χ0v) is 10.0. The van der Waals surface area contributed by atoms with Crippen molar-refractivity contribution in [3.8, 4) is 0 Å². The van der Waals surface area contributed by atoms with Crippen LogP contribution in [0, 0.1) is 0 Å². The minimum atomic E-state index is 0.460. The number of carbonyl (C=O) groups is 1. The van der Waals surface area contributed by atoms with E-state index in [1.165, 1.54) is 32.1 Å². The van der Waals surface area contributed by atoms with Gasteiger partial charge in [-0.05, 0) is 32.1 Å². The topological polar surface area (TPSA) is 29.5 Å². The van der Waals surface area contributed by atoms with Crippen molar-refractivity contribution >= 4 is 5.78 Å². The smallest absolute Gasteiger partial charge is 0.136 e. The van der Waals surface area contributed by atoms with E-state index in [0.29, 0.717) is 30.0 Å². The summed E-state index contributed by atoms with van der Waals surface area (Å²) in [6, 6.07) is 1.81. The zero-order valence-electron chi connectivity index (χ0n) is 10.0. The highest BCUT2D eigenvalue weighted by Crippen LogP contribution is 2.40. The summed E-state index contributed by atoms with van der Waals surface area (Å²) in [6.45, 7) is 0. The van der Waals surface area contributed by atoms with Crippen LogP contribution in [0.2, 0.25) is 0 Å². The van der Waals surface area contributed by atoms with Crippen LogP contribution in [0.5, 0.6) is 0 Å². The van der Waals surface area contributed by atoms with Crippen molar-refractivity contribution < 1.29 is 9.53 Å². The van der Waals surface area contributed by atoms with Crippen LogP contribution < -0.4 is 0 Å². The van der Waals surface area contributed by atoms with Gasteiger partial charge in [0.15, 0.2) is 0 Å². The van der Waals surface area contributed by atoms with Crippen LogP contribution in [-0.2, 0) is 9.53 Å². The number of rotatable bonds is 2.